The summed E-state index contributed by atoms with van der Waals surface area (Å²) in [6.07, 6.45) is -12.2. The van der Waals surface area contributed by atoms with Gasteiger partial charge in [-0.3, -0.25) is 14.3 Å². The first-order valence-corrected chi connectivity index (χ1v) is 10.7. The van der Waals surface area contributed by atoms with Gasteiger partial charge in [0, 0.05) is 18.2 Å². The highest BCUT2D eigenvalue weighted by Crippen LogP contribution is 2.49. The highest BCUT2D eigenvalue weighted by Gasteiger charge is 2.64. The first kappa shape index (κ1) is 29.6. The van der Waals surface area contributed by atoms with Crippen LogP contribution < -0.4 is 10.6 Å². The maximum atomic E-state index is 13.9. The number of alkyl halides is 8. The third-order valence-electron chi connectivity index (χ3n) is 5.47. The summed E-state index contributed by atoms with van der Waals surface area (Å²) in [6.45, 7) is 1.52. The lowest BCUT2D eigenvalue weighted by Gasteiger charge is -2.19. The Labute approximate surface area is 219 Å². The summed E-state index contributed by atoms with van der Waals surface area (Å²) in [5, 5.41) is 25.0. The predicted molar refractivity (Wildman–Crippen MR) is 121 cm³/mol. The lowest BCUT2D eigenvalue weighted by Crippen LogP contribution is -2.36. The van der Waals surface area contributed by atoms with Gasteiger partial charge in [0.1, 0.15) is 17.5 Å². The van der Waals surface area contributed by atoms with E-state index < -0.39 is 52.7 Å². The molecule has 40 heavy (non-hydrogen) atoms. The summed E-state index contributed by atoms with van der Waals surface area (Å²) < 4.78 is 107. The molecular formula is C24H14F8N6O2. The van der Waals surface area contributed by atoms with Crippen molar-refractivity contribution in [1.82, 2.24) is 9.78 Å². The van der Waals surface area contributed by atoms with Crippen molar-refractivity contribution in [2.24, 2.45) is 7.05 Å². The van der Waals surface area contributed by atoms with Crippen molar-refractivity contribution < 1.29 is 44.7 Å². The molecule has 2 N–H and O–H groups in total. The molecule has 1 aromatic heterocycles. The van der Waals surface area contributed by atoms with Crippen LogP contribution in [0.25, 0.3) is 0 Å². The van der Waals surface area contributed by atoms with Gasteiger partial charge in [0.15, 0.2) is 5.69 Å². The lowest BCUT2D eigenvalue weighted by atomic mass is 10.0. The second-order valence-electron chi connectivity index (χ2n) is 8.19. The Balaban J connectivity index is 2.01. The molecule has 0 saturated heterocycles. The maximum absolute atomic E-state index is 13.9. The zero-order chi connectivity index (χ0) is 30.2. The van der Waals surface area contributed by atoms with E-state index in [2.05, 4.69) is 10.4 Å². The fraction of sp³-hybridized carbons (Fsp3) is 0.208. The minimum atomic E-state index is -6.42. The van der Waals surface area contributed by atoms with E-state index in [0.29, 0.717) is 12.6 Å². The topological polar surface area (TPSA) is 124 Å². The number of halogens is 8. The molecule has 2 amide bonds. The van der Waals surface area contributed by atoms with Crippen LogP contribution >= 0.6 is 0 Å². The minimum absolute atomic E-state index is 0.00964. The van der Waals surface area contributed by atoms with Crippen LogP contribution in [0.2, 0.25) is 0 Å². The van der Waals surface area contributed by atoms with Gasteiger partial charge in [0.05, 0.1) is 22.9 Å². The number of aromatic nitrogens is 2. The number of amides is 2. The van der Waals surface area contributed by atoms with Gasteiger partial charge in [0.2, 0.25) is 0 Å². The Kier molecular flexibility index (Phi) is 7.61. The first-order chi connectivity index (χ1) is 18.4. The number of nitriles is 2. The van der Waals surface area contributed by atoms with E-state index in [-0.39, 0.29) is 27.1 Å². The largest absolute Gasteiger partial charge is 0.459 e. The summed E-state index contributed by atoms with van der Waals surface area (Å²) in [5.41, 5.74) is -5.39. The molecule has 0 aliphatic heterocycles. The second-order valence-corrected chi connectivity index (χ2v) is 8.19. The fourth-order valence-corrected chi connectivity index (χ4v) is 3.53. The number of carbonyl (C=O) groups is 2. The quantitative estimate of drug-likeness (QED) is 0.384. The van der Waals surface area contributed by atoms with Crippen molar-refractivity contribution in [3.05, 3.63) is 75.5 Å². The molecule has 0 radical (unpaired) electrons. The molecule has 208 valence electrons. The van der Waals surface area contributed by atoms with E-state index in [1.165, 1.54) is 25.1 Å². The highest BCUT2D eigenvalue weighted by molar-refractivity contribution is 6.08. The summed E-state index contributed by atoms with van der Waals surface area (Å²) >= 11 is 0. The van der Waals surface area contributed by atoms with E-state index >= 15 is 0 Å². The molecule has 0 unspecified atom stereocenters. The van der Waals surface area contributed by atoms with Crippen molar-refractivity contribution in [2.75, 3.05) is 10.6 Å². The molecule has 0 spiro atoms. The zero-order valence-electron chi connectivity index (χ0n) is 20.1. The molecule has 3 rings (SSSR count). The van der Waals surface area contributed by atoms with Gasteiger partial charge in [-0.05, 0) is 48.9 Å². The van der Waals surface area contributed by atoms with Gasteiger partial charge in [-0.1, -0.05) is 0 Å². The lowest BCUT2D eigenvalue weighted by molar-refractivity contribution is -0.292. The smallest absolute Gasteiger partial charge is 0.321 e. The van der Waals surface area contributed by atoms with Crippen LogP contribution in [-0.2, 0) is 19.1 Å². The van der Waals surface area contributed by atoms with Crippen LogP contribution in [0.4, 0.5) is 46.6 Å². The van der Waals surface area contributed by atoms with Crippen LogP contribution in [0.1, 0.15) is 48.7 Å². The number of hydrogen-bond acceptors (Lipinski definition) is 5. The fourth-order valence-electron chi connectivity index (χ4n) is 3.53. The highest BCUT2D eigenvalue weighted by atomic mass is 19.4. The number of aryl methyl sites for hydroxylation is 2. The minimum Gasteiger partial charge on any atom is -0.321 e. The van der Waals surface area contributed by atoms with Crippen LogP contribution in [0.3, 0.4) is 0 Å². The third kappa shape index (κ3) is 5.56. The molecule has 3 aromatic rings. The van der Waals surface area contributed by atoms with Gasteiger partial charge in [-0.2, -0.15) is 50.7 Å². The van der Waals surface area contributed by atoms with Crippen LogP contribution in [0, 0.1) is 29.6 Å². The number of hydrogen-bond donors (Lipinski definition) is 2. The van der Waals surface area contributed by atoms with Gasteiger partial charge < -0.3 is 10.6 Å². The average Bonchev–Trinajstić information content (AvgIpc) is 3.19. The molecule has 16 heteroatoms. The summed E-state index contributed by atoms with van der Waals surface area (Å²) in [5.74, 6) is -9.70. The van der Waals surface area contributed by atoms with Crippen LogP contribution in [0.5, 0.6) is 0 Å². The van der Waals surface area contributed by atoms with Gasteiger partial charge in [0.25, 0.3) is 11.8 Å². The van der Waals surface area contributed by atoms with Crippen molar-refractivity contribution in [2.45, 2.75) is 25.2 Å². The zero-order valence-corrected chi connectivity index (χ0v) is 20.1. The Morgan fingerprint density at radius 2 is 1.55 bits per heavy atom. The molecule has 2 aromatic carbocycles. The number of rotatable bonds is 5. The van der Waals surface area contributed by atoms with Crippen LogP contribution in [0.15, 0.2) is 36.4 Å². The molecule has 0 aliphatic carbocycles. The number of carbonyl (C=O) groups excluding carboxylic acids is 2. The Hall–Kier alpha value is -4.99. The Morgan fingerprint density at radius 1 is 0.900 bits per heavy atom. The molecule has 0 bridgehead atoms. The summed E-state index contributed by atoms with van der Waals surface area (Å²) in [6, 6.07) is 10.6. The van der Waals surface area contributed by atoms with E-state index in [9.17, 15) is 50.0 Å². The van der Waals surface area contributed by atoms with Crippen molar-refractivity contribution in [1.29, 1.82) is 10.5 Å². The van der Waals surface area contributed by atoms with Gasteiger partial charge in [-0.25, -0.2) is 0 Å². The number of nitrogens with zero attached hydrogens (tertiary/aromatic N) is 4. The molecule has 8 nitrogen and oxygen atoms in total. The predicted octanol–water partition coefficient (Wildman–Crippen LogP) is 5.65. The number of anilines is 2. The third-order valence-corrected chi connectivity index (χ3v) is 5.47. The Bertz CT molecular complexity index is 1590. The summed E-state index contributed by atoms with van der Waals surface area (Å²) in [4.78, 5) is 25.5. The number of benzene rings is 2. The van der Waals surface area contributed by atoms with E-state index in [4.69, 9.17) is 5.26 Å². The van der Waals surface area contributed by atoms with Crippen molar-refractivity contribution >= 4 is 23.3 Å². The molecule has 1 heterocycles. The van der Waals surface area contributed by atoms with E-state index in [0.717, 1.165) is 18.2 Å². The first-order valence-electron chi connectivity index (χ1n) is 10.7. The van der Waals surface area contributed by atoms with Gasteiger partial charge in [-0.15, -0.1) is 0 Å². The van der Waals surface area contributed by atoms with Gasteiger partial charge >= 0.3 is 18.3 Å². The van der Waals surface area contributed by atoms with Crippen LogP contribution in [-0.4, -0.2) is 27.8 Å². The molecule has 0 fully saturated rings. The molecular weight excluding hydrogens is 556 g/mol. The average molecular weight is 570 g/mol. The normalized spacial score (nSPS) is 11.9. The summed E-state index contributed by atoms with van der Waals surface area (Å²) in [7, 11) is 0.616. The maximum Gasteiger partial charge on any atom is 0.459 e. The number of nitrogens with one attached hydrogen (secondary N) is 2. The van der Waals surface area contributed by atoms with Crippen molar-refractivity contribution in [3.63, 3.8) is 0 Å². The van der Waals surface area contributed by atoms with Crippen molar-refractivity contribution in [3.8, 4) is 12.1 Å². The SMILES string of the molecule is Cc1cc(C#N)ccc1C(=O)Nc1cc(C(=O)Nc2c(C(F)(F)F)c(C(F)(F)C(F)(F)F)nn2C)ccc1C#N. The molecule has 0 saturated carbocycles. The second kappa shape index (κ2) is 10.3. The molecule has 0 atom stereocenters. The Morgan fingerprint density at radius 3 is 2.08 bits per heavy atom. The van der Waals surface area contributed by atoms with E-state index in [1.807, 2.05) is 6.07 Å². The molecule has 0 aliphatic rings. The standard InChI is InChI=1S/C24H14F8N6O2/c1-11-7-12(9-33)3-6-15(11)21(40)35-16-8-13(4-5-14(16)10-34)20(39)36-19-17(23(27,28)29)18(37-38(19)2)22(25,26)24(30,31)32/h3-8H,1-2H3,(H,35,40)(H,36,39). The van der Waals surface area contributed by atoms with E-state index in [1.54, 1.807) is 11.4 Å². The monoisotopic (exact) mass is 570 g/mol.